The molecule has 0 amide bonds. The fraction of sp³-hybridized carbons (Fsp3) is 0.579. The van der Waals surface area contributed by atoms with Gasteiger partial charge in [0.15, 0.2) is 12.7 Å². The lowest BCUT2D eigenvalue weighted by molar-refractivity contribution is -0.662. The molecule has 236 valence electrons. The van der Waals surface area contributed by atoms with Crippen LogP contribution in [0.3, 0.4) is 0 Å². The van der Waals surface area contributed by atoms with Crippen LogP contribution >= 0.6 is 0 Å². The van der Waals surface area contributed by atoms with Gasteiger partial charge in [0.05, 0.1) is 12.2 Å². The second kappa shape index (κ2) is 21.9. The first-order chi connectivity index (χ1) is 21.2. The Morgan fingerprint density at radius 3 is 1.95 bits per heavy atom. The molecule has 1 unspecified atom stereocenters. The Hall–Kier alpha value is -2.76. The number of para-hydroxylation sites is 1. The van der Waals surface area contributed by atoms with Crippen molar-refractivity contribution in [3.8, 4) is 0 Å². The summed E-state index contributed by atoms with van der Waals surface area (Å²) in [6.45, 7) is 6.90. The summed E-state index contributed by atoms with van der Waals surface area (Å²) in [5.41, 5.74) is 2.86. The minimum Gasteiger partial charge on any atom is -0.459 e. The minimum absolute atomic E-state index is 0.193. The summed E-state index contributed by atoms with van der Waals surface area (Å²) in [7, 11) is 0. The van der Waals surface area contributed by atoms with Crippen molar-refractivity contribution in [3.05, 3.63) is 78.0 Å². The van der Waals surface area contributed by atoms with E-state index in [0.29, 0.717) is 18.8 Å². The van der Waals surface area contributed by atoms with Gasteiger partial charge in [-0.05, 0) is 37.6 Å². The van der Waals surface area contributed by atoms with E-state index in [2.05, 4.69) is 54.1 Å². The van der Waals surface area contributed by atoms with Crippen molar-refractivity contribution in [2.75, 3.05) is 26.4 Å². The summed E-state index contributed by atoms with van der Waals surface area (Å²) < 4.78 is 19.5. The summed E-state index contributed by atoms with van der Waals surface area (Å²) in [4.78, 5) is 12.7. The van der Waals surface area contributed by atoms with E-state index in [1.54, 1.807) is 0 Å². The molecule has 2 aromatic carbocycles. The Morgan fingerprint density at radius 1 is 0.698 bits per heavy atom. The Labute approximate surface area is 260 Å². The fourth-order valence-corrected chi connectivity index (χ4v) is 5.55. The zero-order valence-corrected chi connectivity index (χ0v) is 26.9. The second-order valence-electron chi connectivity index (χ2n) is 11.7. The fourth-order valence-electron chi connectivity index (χ4n) is 5.55. The van der Waals surface area contributed by atoms with Gasteiger partial charge in [-0.1, -0.05) is 115 Å². The van der Waals surface area contributed by atoms with Crippen LogP contribution < -0.4 is 4.57 Å². The maximum absolute atomic E-state index is 12.7. The lowest BCUT2D eigenvalue weighted by Gasteiger charge is -2.17. The molecule has 5 nitrogen and oxygen atoms in total. The van der Waals surface area contributed by atoms with E-state index >= 15 is 0 Å². The number of ether oxygens (including phenoxy) is 3. The number of benzene rings is 2. The van der Waals surface area contributed by atoms with Gasteiger partial charge in [0.1, 0.15) is 12.7 Å². The third kappa shape index (κ3) is 14.0. The normalized spacial score (nSPS) is 12.0. The lowest BCUT2D eigenvalue weighted by Crippen LogP contribution is -2.34. The van der Waals surface area contributed by atoms with E-state index in [9.17, 15) is 4.79 Å². The second-order valence-corrected chi connectivity index (χ2v) is 11.7. The van der Waals surface area contributed by atoms with E-state index in [0.717, 1.165) is 25.1 Å². The van der Waals surface area contributed by atoms with Crippen molar-refractivity contribution in [1.82, 2.24) is 0 Å². The van der Waals surface area contributed by atoms with Crippen molar-refractivity contribution in [3.63, 3.8) is 0 Å². The highest BCUT2D eigenvalue weighted by Gasteiger charge is 2.15. The maximum Gasteiger partial charge on any atom is 0.338 e. The molecule has 0 spiro atoms. The monoisotopic (exact) mass is 590 g/mol. The van der Waals surface area contributed by atoms with E-state index in [1.165, 1.54) is 94.4 Å². The predicted octanol–water partition coefficient (Wildman–Crippen LogP) is 9.24. The molecule has 0 bridgehead atoms. The third-order valence-electron chi connectivity index (χ3n) is 8.08. The van der Waals surface area contributed by atoms with Gasteiger partial charge in [-0.25, -0.2) is 4.79 Å². The van der Waals surface area contributed by atoms with Crippen molar-refractivity contribution >= 4 is 16.9 Å². The molecule has 0 radical (unpaired) electrons. The van der Waals surface area contributed by atoms with Crippen molar-refractivity contribution < 1.29 is 23.6 Å². The maximum atomic E-state index is 12.7. The molecule has 3 rings (SSSR count). The van der Waals surface area contributed by atoms with Gasteiger partial charge < -0.3 is 14.2 Å². The number of rotatable bonds is 24. The van der Waals surface area contributed by atoms with Crippen molar-refractivity contribution in [2.45, 2.75) is 116 Å². The van der Waals surface area contributed by atoms with Crippen molar-refractivity contribution in [1.29, 1.82) is 0 Å². The number of carbonyl (C=O) groups excluding carboxylic acids is 1. The molecule has 1 heterocycles. The molecule has 0 saturated carbocycles. The molecular formula is C38H56NO4+. The van der Waals surface area contributed by atoms with Gasteiger partial charge >= 0.3 is 5.97 Å². The smallest absolute Gasteiger partial charge is 0.338 e. The standard InChI is InChI=1S/C38H56NO4/c1-3-5-6-7-8-9-10-11-12-13-14-15-16-19-29-41-31-36(42-4-2)32-43-38(40)35-26-24-33(25-27-35)30-39-28-20-22-34-21-17-18-23-37(34)39/h17-18,20-28,36H,3-16,19,29-32H2,1-2H3/q+1. The Kier molecular flexibility index (Phi) is 17.7. The third-order valence-corrected chi connectivity index (χ3v) is 8.08. The number of unbranched alkanes of at least 4 members (excludes halogenated alkanes) is 13. The molecule has 0 saturated heterocycles. The summed E-state index contributed by atoms with van der Waals surface area (Å²) in [5, 5.41) is 1.21. The zero-order valence-electron chi connectivity index (χ0n) is 26.9. The summed E-state index contributed by atoms with van der Waals surface area (Å²) in [5.74, 6) is -0.332. The number of pyridine rings is 1. The van der Waals surface area contributed by atoms with Crippen LogP contribution in [0.1, 0.15) is 120 Å². The largest absolute Gasteiger partial charge is 0.459 e. The van der Waals surface area contributed by atoms with Crippen LogP contribution in [0.5, 0.6) is 0 Å². The molecule has 0 N–H and O–H groups in total. The highest BCUT2D eigenvalue weighted by molar-refractivity contribution is 5.89. The number of carbonyl (C=O) groups is 1. The van der Waals surface area contributed by atoms with E-state index in [-0.39, 0.29) is 18.7 Å². The Bertz CT molecular complexity index is 1140. The average Bonchev–Trinajstić information content (AvgIpc) is 3.03. The summed E-state index contributed by atoms with van der Waals surface area (Å²) in [6.07, 6.45) is 20.7. The summed E-state index contributed by atoms with van der Waals surface area (Å²) >= 11 is 0. The van der Waals surface area contributed by atoms with Crippen LogP contribution in [0.2, 0.25) is 0 Å². The van der Waals surface area contributed by atoms with Crippen LogP contribution in [0, 0.1) is 0 Å². The molecule has 1 aromatic heterocycles. The lowest BCUT2D eigenvalue weighted by atomic mass is 10.0. The van der Waals surface area contributed by atoms with Crippen LogP contribution in [0.4, 0.5) is 0 Å². The highest BCUT2D eigenvalue weighted by Crippen LogP contribution is 2.14. The number of hydrogen-bond donors (Lipinski definition) is 0. The molecule has 1 atom stereocenters. The van der Waals surface area contributed by atoms with E-state index < -0.39 is 0 Å². The molecular weight excluding hydrogens is 534 g/mol. The van der Waals surface area contributed by atoms with E-state index in [1.807, 2.05) is 31.2 Å². The summed E-state index contributed by atoms with van der Waals surface area (Å²) in [6, 6.07) is 20.2. The number of aromatic nitrogens is 1. The number of esters is 1. The molecule has 5 heteroatoms. The van der Waals surface area contributed by atoms with Gasteiger partial charge in [-0.15, -0.1) is 0 Å². The quantitative estimate of drug-likeness (QED) is 0.0593. The van der Waals surface area contributed by atoms with Crippen LogP contribution in [-0.2, 0) is 20.8 Å². The van der Waals surface area contributed by atoms with Gasteiger partial charge in [0, 0.05) is 36.3 Å². The van der Waals surface area contributed by atoms with Gasteiger partial charge in [-0.2, -0.15) is 4.57 Å². The molecule has 0 fully saturated rings. The van der Waals surface area contributed by atoms with E-state index in [4.69, 9.17) is 14.2 Å². The molecule has 43 heavy (non-hydrogen) atoms. The van der Waals surface area contributed by atoms with Gasteiger partial charge in [0.2, 0.25) is 5.52 Å². The SMILES string of the molecule is CCCCCCCCCCCCCCCCOCC(COC(=O)c1ccc(C[n+]2cccc3ccccc32)cc1)OCC. The first kappa shape index (κ1) is 34.7. The van der Waals surface area contributed by atoms with Gasteiger partial charge in [-0.3, -0.25) is 0 Å². The van der Waals surface area contributed by atoms with Crippen LogP contribution in [-0.4, -0.2) is 38.5 Å². The zero-order chi connectivity index (χ0) is 30.4. The highest BCUT2D eigenvalue weighted by atomic mass is 16.6. The topological polar surface area (TPSA) is 48.6 Å². The number of fused-ring (bicyclic) bond motifs is 1. The number of nitrogens with zero attached hydrogens (tertiary/aromatic N) is 1. The Balaban J connectivity index is 1.24. The van der Waals surface area contributed by atoms with Gasteiger partial charge in [0.25, 0.3) is 0 Å². The molecule has 0 aliphatic carbocycles. The predicted molar refractivity (Wildman–Crippen MR) is 177 cm³/mol. The minimum atomic E-state index is -0.332. The first-order valence-electron chi connectivity index (χ1n) is 17.0. The van der Waals surface area contributed by atoms with Crippen LogP contribution in [0.25, 0.3) is 10.9 Å². The average molecular weight is 591 g/mol. The van der Waals surface area contributed by atoms with Crippen LogP contribution in [0.15, 0.2) is 66.9 Å². The van der Waals surface area contributed by atoms with Crippen molar-refractivity contribution in [2.24, 2.45) is 0 Å². The number of hydrogen-bond acceptors (Lipinski definition) is 4. The molecule has 0 aliphatic rings. The first-order valence-corrected chi connectivity index (χ1v) is 17.0. The Morgan fingerprint density at radius 2 is 1.30 bits per heavy atom. The molecule has 0 aliphatic heterocycles. The molecule has 3 aromatic rings.